The lowest BCUT2D eigenvalue weighted by Crippen LogP contribution is -2.60. The molecular formula is C78H78BN3S. The third-order valence-corrected chi connectivity index (χ3v) is 21.4. The van der Waals surface area contributed by atoms with Gasteiger partial charge >= 0.3 is 0 Å². The number of hydrogen-bond donors (Lipinski definition) is 0. The first kappa shape index (κ1) is 52.6. The van der Waals surface area contributed by atoms with E-state index in [-0.39, 0.29) is 29.0 Å². The normalized spacial score (nSPS) is 20.1. The Kier molecular flexibility index (Phi) is 12.5. The summed E-state index contributed by atoms with van der Waals surface area (Å²) in [5, 5.41) is 5.38. The first-order valence-electron chi connectivity index (χ1n) is 31.2. The minimum atomic E-state index is -0.0835. The molecule has 0 radical (unpaired) electrons. The molecular weight excluding hydrogens is 1020 g/mol. The number of allylic oxidation sites excluding steroid dienone is 6. The van der Waals surface area contributed by atoms with Crippen molar-refractivity contribution in [2.24, 2.45) is 28.6 Å². The van der Waals surface area contributed by atoms with E-state index >= 15 is 0 Å². The van der Waals surface area contributed by atoms with Crippen molar-refractivity contribution in [1.29, 1.82) is 0 Å². The number of aromatic nitrogens is 2. The Morgan fingerprint density at radius 1 is 0.482 bits per heavy atom. The van der Waals surface area contributed by atoms with Crippen molar-refractivity contribution >= 4 is 95.5 Å². The first-order chi connectivity index (χ1) is 40.1. The molecule has 0 fully saturated rings. The summed E-state index contributed by atoms with van der Waals surface area (Å²) in [5.74, 6) is 1.72. The zero-order chi connectivity index (χ0) is 56.7. The molecule has 83 heavy (non-hydrogen) atoms. The monoisotopic (exact) mass is 1100 g/mol. The van der Waals surface area contributed by atoms with Gasteiger partial charge in [0.15, 0.2) is 0 Å². The fourth-order valence-corrected chi connectivity index (χ4v) is 17.3. The fourth-order valence-electron chi connectivity index (χ4n) is 16.1. The number of benzene rings is 8. The van der Waals surface area contributed by atoms with Crippen LogP contribution in [0, 0.1) is 28.6 Å². The summed E-state index contributed by atoms with van der Waals surface area (Å²) in [6.45, 7) is 21.7. The van der Waals surface area contributed by atoms with E-state index < -0.39 is 0 Å². The predicted molar refractivity (Wildman–Crippen MR) is 357 cm³/mol. The Morgan fingerprint density at radius 3 is 1.76 bits per heavy atom. The zero-order valence-corrected chi connectivity index (χ0v) is 51.0. The van der Waals surface area contributed by atoms with Gasteiger partial charge in [-0.2, -0.15) is 0 Å². The molecule has 0 saturated carbocycles. The molecule has 4 heterocycles. The van der Waals surface area contributed by atoms with E-state index in [9.17, 15) is 0 Å². The summed E-state index contributed by atoms with van der Waals surface area (Å²) in [6, 6.07) is 65.8. The summed E-state index contributed by atoms with van der Waals surface area (Å²) in [4.78, 5) is 5.38. The molecule has 15 rings (SSSR count). The van der Waals surface area contributed by atoms with Gasteiger partial charge in [-0.25, -0.2) is 0 Å². The summed E-state index contributed by atoms with van der Waals surface area (Å²) < 4.78 is 5.44. The Bertz CT molecular complexity index is 4280. The second-order valence-corrected chi connectivity index (χ2v) is 29.3. The molecule has 4 atom stereocenters. The molecule has 2 aliphatic heterocycles. The largest absolute Gasteiger partial charge is 0.333 e. The highest BCUT2D eigenvalue weighted by Gasteiger charge is 2.46. The van der Waals surface area contributed by atoms with Gasteiger partial charge in [-0.3, -0.25) is 0 Å². The summed E-state index contributed by atoms with van der Waals surface area (Å²) in [6.07, 6.45) is 17.7. The van der Waals surface area contributed by atoms with Gasteiger partial charge in [0.1, 0.15) is 0 Å². The van der Waals surface area contributed by atoms with Crippen LogP contribution in [0.4, 0.5) is 17.1 Å². The van der Waals surface area contributed by atoms with Crippen LogP contribution in [0.1, 0.15) is 125 Å². The van der Waals surface area contributed by atoms with Crippen LogP contribution in [0.5, 0.6) is 0 Å². The third kappa shape index (κ3) is 8.67. The first-order valence-corrected chi connectivity index (χ1v) is 32.0. The zero-order valence-electron chi connectivity index (χ0n) is 50.2. The van der Waals surface area contributed by atoms with E-state index in [2.05, 4.69) is 264 Å². The maximum Gasteiger partial charge on any atom is 0.250 e. The maximum atomic E-state index is 2.94. The SMILES string of the molecule is CC(C)(C)C1=CCC(C2=CCCC(C3CC=C(C(C)(C)C)CC3)C2n2c3ccccc3c3c4c(ccc32)Sc2cc(C(C)(C)C)cc3c2B4c2ccc(-n4c5ccccc5c5ccccc54)cc2N3c2ccc(-c3ccccc3)cc2)CC1. The lowest BCUT2D eigenvalue weighted by molar-refractivity contribution is 0.200. The number of para-hydroxylation sites is 3. The molecule has 3 nitrogen and oxygen atoms in total. The standard InChI is InChI=1S/C78H78BN3S/c1-76(2,3)53-36-30-51(31-37-53)58-25-19-26-59(52-32-38-54(39-33-52)77(4,5)6)75(58)82-66-29-18-15-24-62(66)72-67(82)44-45-70-74(72)79-63-43-42-57(81-64-27-16-13-22-60(64)61-23-14-17-28-65(61)81)48-68(63)80(56-40-34-50(35-41-56)49-20-11-10-12-21-49)69-46-55(78(7,8)9)47-71(83-70)73(69)79/h10-18,20-25,27-29,34-36,38,40-48,51-52,59,75H,19,26,30-33,37,39H2,1-9H3. The predicted octanol–water partition coefficient (Wildman–Crippen LogP) is 20.0. The minimum absolute atomic E-state index is 0.00830. The molecule has 5 aliphatic rings. The van der Waals surface area contributed by atoms with Gasteiger partial charge in [-0.1, -0.05) is 207 Å². The van der Waals surface area contributed by atoms with E-state index in [0.717, 1.165) is 6.42 Å². The van der Waals surface area contributed by atoms with Gasteiger partial charge in [0.25, 0.3) is 6.71 Å². The number of fused-ring (bicyclic) bond motifs is 11. The average molecular weight is 1100 g/mol. The van der Waals surface area contributed by atoms with E-state index in [4.69, 9.17) is 0 Å². The lowest BCUT2D eigenvalue weighted by Gasteiger charge is -2.44. The molecule has 10 aromatic rings. The number of hydrogen-bond acceptors (Lipinski definition) is 2. The highest BCUT2D eigenvalue weighted by Crippen LogP contribution is 2.54. The van der Waals surface area contributed by atoms with E-state index in [1.54, 1.807) is 16.7 Å². The van der Waals surface area contributed by atoms with Crippen LogP contribution in [-0.4, -0.2) is 15.8 Å². The number of nitrogens with zero attached hydrogens (tertiary/aromatic N) is 3. The summed E-state index contributed by atoms with van der Waals surface area (Å²) >= 11 is 2.01. The lowest BCUT2D eigenvalue weighted by atomic mass is 9.34. The molecule has 0 amide bonds. The molecule has 8 aromatic carbocycles. The Balaban J connectivity index is 0.979. The second-order valence-electron chi connectivity index (χ2n) is 28.2. The van der Waals surface area contributed by atoms with Crippen LogP contribution >= 0.6 is 11.8 Å². The van der Waals surface area contributed by atoms with Crippen molar-refractivity contribution in [3.63, 3.8) is 0 Å². The van der Waals surface area contributed by atoms with Gasteiger partial charge in [0, 0.05) is 65.1 Å². The van der Waals surface area contributed by atoms with Gasteiger partial charge in [-0.15, -0.1) is 0 Å². The fraction of sp³-hybridized carbons (Fsp3) is 0.308. The van der Waals surface area contributed by atoms with Crippen molar-refractivity contribution in [3.05, 3.63) is 210 Å². The van der Waals surface area contributed by atoms with Crippen molar-refractivity contribution in [1.82, 2.24) is 9.13 Å². The number of anilines is 3. The number of rotatable bonds is 6. The van der Waals surface area contributed by atoms with Crippen molar-refractivity contribution in [2.75, 3.05) is 4.90 Å². The molecule has 2 aromatic heterocycles. The van der Waals surface area contributed by atoms with Gasteiger partial charge in [-0.05, 0) is 191 Å². The van der Waals surface area contributed by atoms with Crippen LogP contribution in [0.15, 0.2) is 215 Å². The quantitative estimate of drug-likeness (QED) is 0.122. The van der Waals surface area contributed by atoms with E-state index in [1.807, 2.05) is 11.8 Å². The molecule has 0 bridgehead atoms. The Labute approximate surface area is 497 Å². The maximum absolute atomic E-state index is 2.94. The van der Waals surface area contributed by atoms with Crippen LogP contribution in [0.2, 0.25) is 0 Å². The van der Waals surface area contributed by atoms with Gasteiger partial charge < -0.3 is 14.0 Å². The Hall–Kier alpha value is -7.21. The molecule has 3 aliphatic carbocycles. The minimum Gasteiger partial charge on any atom is -0.333 e. The van der Waals surface area contributed by atoms with Crippen molar-refractivity contribution in [2.45, 2.75) is 135 Å². The smallest absolute Gasteiger partial charge is 0.250 e. The molecule has 0 saturated heterocycles. The summed E-state index contributed by atoms with van der Waals surface area (Å²) in [5.41, 5.74) is 23.5. The summed E-state index contributed by atoms with van der Waals surface area (Å²) in [7, 11) is 0. The van der Waals surface area contributed by atoms with E-state index in [0.29, 0.717) is 17.8 Å². The molecule has 5 heteroatoms. The van der Waals surface area contributed by atoms with Gasteiger partial charge in [0.2, 0.25) is 0 Å². The average Bonchev–Trinajstić information content (AvgIpc) is 1.88. The second kappa shape index (κ2) is 19.7. The van der Waals surface area contributed by atoms with Crippen LogP contribution in [0.25, 0.3) is 60.4 Å². The highest BCUT2D eigenvalue weighted by molar-refractivity contribution is 8.00. The van der Waals surface area contributed by atoms with Crippen molar-refractivity contribution in [3.8, 4) is 16.8 Å². The molecule has 0 spiro atoms. The highest BCUT2D eigenvalue weighted by atomic mass is 32.2. The van der Waals surface area contributed by atoms with Crippen LogP contribution in [-0.2, 0) is 5.41 Å². The van der Waals surface area contributed by atoms with Crippen molar-refractivity contribution < 1.29 is 0 Å². The van der Waals surface area contributed by atoms with Gasteiger partial charge in [0.05, 0.1) is 17.1 Å². The Morgan fingerprint density at radius 2 is 1.11 bits per heavy atom. The van der Waals surface area contributed by atoms with E-state index in [1.165, 1.54) is 154 Å². The van der Waals surface area contributed by atoms with Crippen LogP contribution in [0.3, 0.4) is 0 Å². The molecule has 4 unspecified atom stereocenters. The van der Waals surface area contributed by atoms with Crippen LogP contribution < -0.4 is 21.3 Å². The topological polar surface area (TPSA) is 13.1 Å². The molecule has 414 valence electrons. The molecule has 0 N–H and O–H groups in total. The third-order valence-electron chi connectivity index (χ3n) is 20.3.